The van der Waals surface area contributed by atoms with Crippen molar-refractivity contribution in [3.63, 3.8) is 0 Å². The molecule has 1 heterocycles. The Morgan fingerprint density at radius 3 is 2.92 bits per heavy atom. The predicted molar refractivity (Wildman–Crippen MR) is 85.4 cm³/mol. The summed E-state index contributed by atoms with van der Waals surface area (Å²) >= 11 is 0. The molecule has 1 unspecified atom stereocenters. The second-order valence-corrected chi connectivity index (χ2v) is 5.72. The summed E-state index contributed by atoms with van der Waals surface area (Å²) in [6.07, 6.45) is -3.53. The van der Waals surface area contributed by atoms with Gasteiger partial charge in [-0.2, -0.15) is 18.4 Å². The molecule has 0 saturated carbocycles. The highest BCUT2D eigenvalue weighted by atomic mass is 19.4. The molecule has 130 valence electrons. The zero-order chi connectivity index (χ0) is 17.6. The van der Waals surface area contributed by atoms with Crippen LogP contribution in [-0.4, -0.2) is 49.8 Å². The lowest BCUT2D eigenvalue weighted by molar-refractivity contribution is -0.143. The van der Waals surface area contributed by atoms with E-state index in [1.165, 1.54) is 4.90 Å². The number of hydrogen-bond acceptors (Lipinski definition) is 3. The molecule has 2 rings (SSSR count). The normalized spacial score (nSPS) is 19.1. The highest BCUT2D eigenvalue weighted by Crippen LogP contribution is 2.19. The Labute approximate surface area is 139 Å². The number of hydrogen-bond donors (Lipinski definition) is 2. The number of halogens is 3. The van der Waals surface area contributed by atoms with Crippen molar-refractivity contribution in [1.82, 2.24) is 15.5 Å². The molecule has 1 atom stereocenters. The minimum Gasteiger partial charge on any atom is -0.352 e. The van der Waals surface area contributed by atoms with Gasteiger partial charge in [0.1, 0.15) is 0 Å². The van der Waals surface area contributed by atoms with Gasteiger partial charge in [0.15, 0.2) is 5.96 Å². The number of nitriles is 1. The zero-order valence-corrected chi connectivity index (χ0v) is 13.4. The number of alkyl halides is 3. The summed E-state index contributed by atoms with van der Waals surface area (Å²) in [5.41, 5.74) is 1.51. The van der Waals surface area contributed by atoms with Crippen molar-refractivity contribution in [2.45, 2.75) is 25.2 Å². The lowest BCUT2D eigenvalue weighted by atomic mass is 10.1. The van der Waals surface area contributed by atoms with Crippen LogP contribution >= 0.6 is 0 Å². The summed E-state index contributed by atoms with van der Waals surface area (Å²) in [6, 6.07) is 9.21. The van der Waals surface area contributed by atoms with Crippen molar-refractivity contribution in [1.29, 1.82) is 5.26 Å². The van der Waals surface area contributed by atoms with Crippen molar-refractivity contribution >= 4 is 5.96 Å². The summed E-state index contributed by atoms with van der Waals surface area (Å²) in [5.74, 6) is 0.538. The number of aliphatic imine (C=N–C) groups is 1. The lowest BCUT2D eigenvalue weighted by Crippen LogP contribution is -2.44. The van der Waals surface area contributed by atoms with E-state index in [-0.39, 0.29) is 6.04 Å². The second kappa shape index (κ2) is 8.02. The highest BCUT2D eigenvalue weighted by molar-refractivity contribution is 5.80. The summed E-state index contributed by atoms with van der Waals surface area (Å²) < 4.78 is 37.2. The fourth-order valence-electron chi connectivity index (χ4n) is 2.67. The van der Waals surface area contributed by atoms with Gasteiger partial charge in [-0.15, -0.1) is 0 Å². The standard InChI is InChI=1S/C16H20F3N5/c1-21-15(22-9-13-4-2-3-12(7-13)8-20)23-14-5-6-24(10-14)11-16(17,18)19/h2-4,7,14H,5-6,9-11H2,1H3,(H2,21,22,23). The molecule has 24 heavy (non-hydrogen) atoms. The average molecular weight is 339 g/mol. The second-order valence-electron chi connectivity index (χ2n) is 5.72. The van der Waals surface area contributed by atoms with Gasteiger partial charge >= 0.3 is 6.18 Å². The number of rotatable bonds is 4. The summed E-state index contributed by atoms with van der Waals surface area (Å²) in [6.45, 7) is 0.356. The average Bonchev–Trinajstić information content (AvgIpc) is 2.96. The third-order valence-electron chi connectivity index (χ3n) is 3.76. The molecule has 8 heteroatoms. The Kier molecular flexibility index (Phi) is 6.04. The van der Waals surface area contributed by atoms with Crippen LogP contribution in [0.3, 0.4) is 0 Å². The number of likely N-dealkylation sites (tertiary alicyclic amines) is 1. The number of nitrogens with one attached hydrogen (secondary N) is 2. The first kappa shape index (κ1) is 18.1. The van der Waals surface area contributed by atoms with Crippen molar-refractivity contribution in [2.24, 2.45) is 4.99 Å². The topological polar surface area (TPSA) is 63.5 Å². The Balaban J connectivity index is 1.82. The monoisotopic (exact) mass is 339 g/mol. The van der Waals surface area contributed by atoms with Gasteiger partial charge in [0.05, 0.1) is 18.2 Å². The van der Waals surface area contributed by atoms with Crippen LogP contribution in [0.4, 0.5) is 13.2 Å². The van der Waals surface area contributed by atoms with E-state index in [1.807, 2.05) is 6.07 Å². The van der Waals surface area contributed by atoms with Crippen LogP contribution in [0, 0.1) is 11.3 Å². The Morgan fingerprint density at radius 2 is 2.25 bits per heavy atom. The first-order valence-corrected chi connectivity index (χ1v) is 7.65. The van der Waals surface area contributed by atoms with Crippen LogP contribution in [0.15, 0.2) is 29.3 Å². The molecule has 0 bridgehead atoms. The van der Waals surface area contributed by atoms with Crippen molar-refractivity contribution in [3.05, 3.63) is 35.4 Å². The van der Waals surface area contributed by atoms with Crippen molar-refractivity contribution in [2.75, 3.05) is 26.7 Å². The Bertz CT molecular complexity index is 621. The number of guanidine groups is 1. The molecular formula is C16H20F3N5. The van der Waals surface area contributed by atoms with Crippen LogP contribution in [0.2, 0.25) is 0 Å². The molecule has 1 aromatic rings. The maximum Gasteiger partial charge on any atom is 0.401 e. The Hall–Kier alpha value is -2.27. The van der Waals surface area contributed by atoms with E-state index in [9.17, 15) is 13.2 Å². The van der Waals surface area contributed by atoms with E-state index >= 15 is 0 Å². The Morgan fingerprint density at radius 1 is 1.46 bits per heavy atom. The molecule has 1 aromatic carbocycles. The molecule has 2 N–H and O–H groups in total. The third kappa shape index (κ3) is 5.74. The molecule has 1 saturated heterocycles. The largest absolute Gasteiger partial charge is 0.401 e. The SMILES string of the molecule is CN=C(NCc1cccc(C#N)c1)NC1CCN(CC(F)(F)F)C1. The predicted octanol–water partition coefficient (Wildman–Crippen LogP) is 1.86. The molecule has 1 aliphatic heterocycles. The molecular weight excluding hydrogens is 319 g/mol. The lowest BCUT2D eigenvalue weighted by Gasteiger charge is -2.19. The van der Waals surface area contributed by atoms with Crippen LogP contribution in [-0.2, 0) is 6.54 Å². The minimum absolute atomic E-state index is 0.0657. The quantitative estimate of drug-likeness (QED) is 0.649. The summed E-state index contributed by atoms with van der Waals surface area (Å²) in [4.78, 5) is 5.49. The first-order chi connectivity index (χ1) is 11.4. The minimum atomic E-state index is -4.17. The van der Waals surface area contributed by atoms with Crippen LogP contribution in [0.5, 0.6) is 0 Å². The van der Waals surface area contributed by atoms with E-state index in [4.69, 9.17) is 5.26 Å². The molecule has 0 radical (unpaired) electrons. The smallest absolute Gasteiger partial charge is 0.352 e. The molecule has 0 aromatic heterocycles. The fourth-order valence-corrected chi connectivity index (χ4v) is 2.67. The van der Waals surface area contributed by atoms with Gasteiger partial charge in [0, 0.05) is 32.7 Å². The van der Waals surface area contributed by atoms with E-state index in [0.717, 1.165) is 5.56 Å². The van der Waals surface area contributed by atoms with Gasteiger partial charge in [-0.05, 0) is 24.1 Å². The van der Waals surface area contributed by atoms with E-state index in [1.54, 1.807) is 25.2 Å². The first-order valence-electron chi connectivity index (χ1n) is 7.65. The molecule has 0 aliphatic carbocycles. The maximum absolute atomic E-state index is 12.4. The summed E-state index contributed by atoms with van der Waals surface area (Å²) in [5, 5.41) is 15.2. The third-order valence-corrected chi connectivity index (χ3v) is 3.76. The summed E-state index contributed by atoms with van der Waals surface area (Å²) in [7, 11) is 1.61. The molecule has 0 spiro atoms. The van der Waals surface area contributed by atoms with Gasteiger partial charge in [0.2, 0.25) is 0 Å². The fraction of sp³-hybridized carbons (Fsp3) is 0.500. The molecule has 5 nitrogen and oxygen atoms in total. The van der Waals surface area contributed by atoms with E-state index in [2.05, 4.69) is 21.7 Å². The molecule has 1 aliphatic rings. The molecule has 0 amide bonds. The molecule has 1 fully saturated rings. The number of benzene rings is 1. The van der Waals surface area contributed by atoms with Gasteiger partial charge in [-0.25, -0.2) is 0 Å². The van der Waals surface area contributed by atoms with E-state index in [0.29, 0.717) is 37.6 Å². The van der Waals surface area contributed by atoms with Gasteiger partial charge in [0.25, 0.3) is 0 Å². The maximum atomic E-state index is 12.4. The van der Waals surface area contributed by atoms with E-state index < -0.39 is 12.7 Å². The van der Waals surface area contributed by atoms with Crippen molar-refractivity contribution < 1.29 is 13.2 Å². The number of nitrogens with zero attached hydrogens (tertiary/aromatic N) is 3. The highest BCUT2D eigenvalue weighted by Gasteiger charge is 2.34. The van der Waals surface area contributed by atoms with Gasteiger partial charge < -0.3 is 10.6 Å². The van der Waals surface area contributed by atoms with Gasteiger partial charge in [-0.1, -0.05) is 12.1 Å². The van der Waals surface area contributed by atoms with Gasteiger partial charge in [-0.3, -0.25) is 9.89 Å². The van der Waals surface area contributed by atoms with Crippen molar-refractivity contribution in [3.8, 4) is 6.07 Å². The zero-order valence-electron chi connectivity index (χ0n) is 13.4. The van der Waals surface area contributed by atoms with Crippen LogP contribution in [0.25, 0.3) is 0 Å². The van der Waals surface area contributed by atoms with Crippen LogP contribution < -0.4 is 10.6 Å². The van der Waals surface area contributed by atoms with Crippen LogP contribution in [0.1, 0.15) is 17.5 Å².